The molecule has 0 aliphatic carbocycles. The molecule has 106 valence electrons. The first-order chi connectivity index (χ1) is 9.83. The van der Waals surface area contributed by atoms with Gasteiger partial charge in [0.15, 0.2) is 5.82 Å². The molecule has 0 radical (unpaired) electrons. The van der Waals surface area contributed by atoms with Crippen molar-refractivity contribution in [2.45, 2.75) is 26.1 Å². The van der Waals surface area contributed by atoms with Gasteiger partial charge < -0.3 is 4.74 Å². The smallest absolute Gasteiger partial charge is 0.165 e. The first-order valence-corrected chi connectivity index (χ1v) is 6.93. The van der Waals surface area contributed by atoms with Crippen molar-refractivity contribution >= 4 is 0 Å². The molecule has 1 aliphatic rings. The standard InChI is InChI=1S/C14H19N5O/c1-12-11-20-8-7-18(12)10-14-15-16-17-19(14)9-13-5-3-2-4-6-13/h2-6,12H,7-11H2,1H3/t12-/m1/s1. The zero-order valence-electron chi connectivity index (χ0n) is 11.6. The number of morpholine rings is 1. The van der Waals surface area contributed by atoms with Crippen LogP contribution in [0.25, 0.3) is 0 Å². The molecule has 6 nitrogen and oxygen atoms in total. The van der Waals surface area contributed by atoms with Crippen LogP contribution in [0.2, 0.25) is 0 Å². The summed E-state index contributed by atoms with van der Waals surface area (Å²) in [5.74, 6) is 0.905. The van der Waals surface area contributed by atoms with Crippen LogP contribution in [0.3, 0.4) is 0 Å². The van der Waals surface area contributed by atoms with E-state index in [-0.39, 0.29) is 0 Å². The van der Waals surface area contributed by atoms with Crippen LogP contribution >= 0.6 is 0 Å². The SMILES string of the molecule is C[C@@H]1COCCN1Cc1nnnn1Cc1ccccc1. The summed E-state index contributed by atoms with van der Waals surface area (Å²) in [7, 11) is 0. The van der Waals surface area contributed by atoms with Crippen LogP contribution in [0.1, 0.15) is 18.3 Å². The monoisotopic (exact) mass is 273 g/mol. The van der Waals surface area contributed by atoms with Gasteiger partial charge in [-0.05, 0) is 22.9 Å². The summed E-state index contributed by atoms with van der Waals surface area (Å²) in [6.45, 7) is 6.14. The minimum Gasteiger partial charge on any atom is -0.379 e. The average Bonchev–Trinajstić information content (AvgIpc) is 2.90. The summed E-state index contributed by atoms with van der Waals surface area (Å²) >= 11 is 0. The predicted octanol–water partition coefficient (Wildman–Crippen LogP) is 0.942. The largest absolute Gasteiger partial charge is 0.379 e. The molecule has 1 fully saturated rings. The number of ether oxygens (including phenoxy) is 1. The van der Waals surface area contributed by atoms with Gasteiger partial charge in [-0.15, -0.1) is 5.10 Å². The second kappa shape index (κ2) is 6.11. The van der Waals surface area contributed by atoms with Gasteiger partial charge in [-0.1, -0.05) is 30.3 Å². The Morgan fingerprint density at radius 3 is 2.90 bits per heavy atom. The summed E-state index contributed by atoms with van der Waals surface area (Å²) in [5.41, 5.74) is 1.20. The summed E-state index contributed by atoms with van der Waals surface area (Å²) in [6, 6.07) is 10.7. The molecule has 1 atom stereocenters. The Morgan fingerprint density at radius 2 is 2.10 bits per heavy atom. The molecule has 0 spiro atoms. The molecular formula is C14H19N5O. The number of aromatic nitrogens is 4. The number of nitrogens with zero attached hydrogens (tertiary/aromatic N) is 5. The molecule has 0 unspecified atom stereocenters. The maximum atomic E-state index is 5.46. The van der Waals surface area contributed by atoms with Crippen molar-refractivity contribution in [3.05, 3.63) is 41.7 Å². The van der Waals surface area contributed by atoms with Crippen molar-refractivity contribution in [2.75, 3.05) is 19.8 Å². The molecule has 1 aliphatic heterocycles. The fraction of sp³-hybridized carbons (Fsp3) is 0.500. The van der Waals surface area contributed by atoms with Crippen molar-refractivity contribution in [3.8, 4) is 0 Å². The van der Waals surface area contributed by atoms with E-state index in [4.69, 9.17) is 4.74 Å². The van der Waals surface area contributed by atoms with Crippen molar-refractivity contribution < 1.29 is 4.74 Å². The van der Waals surface area contributed by atoms with E-state index in [9.17, 15) is 0 Å². The second-order valence-electron chi connectivity index (χ2n) is 5.13. The van der Waals surface area contributed by atoms with Crippen LogP contribution in [0.5, 0.6) is 0 Å². The third-order valence-corrected chi connectivity index (χ3v) is 3.63. The molecule has 0 saturated carbocycles. The molecule has 0 bridgehead atoms. The maximum Gasteiger partial charge on any atom is 0.165 e. The van der Waals surface area contributed by atoms with E-state index in [0.29, 0.717) is 12.6 Å². The van der Waals surface area contributed by atoms with Crippen molar-refractivity contribution in [2.24, 2.45) is 0 Å². The lowest BCUT2D eigenvalue weighted by Gasteiger charge is -2.32. The molecule has 6 heteroatoms. The maximum absolute atomic E-state index is 5.46. The van der Waals surface area contributed by atoms with Gasteiger partial charge in [0.2, 0.25) is 0 Å². The second-order valence-corrected chi connectivity index (χ2v) is 5.13. The molecule has 2 heterocycles. The third-order valence-electron chi connectivity index (χ3n) is 3.63. The lowest BCUT2D eigenvalue weighted by Crippen LogP contribution is -2.43. The Morgan fingerprint density at radius 1 is 1.25 bits per heavy atom. The van der Waals surface area contributed by atoms with Crippen molar-refractivity contribution in [1.82, 2.24) is 25.1 Å². The van der Waals surface area contributed by atoms with Crippen molar-refractivity contribution in [3.63, 3.8) is 0 Å². The van der Waals surface area contributed by atoms with Crippen LogP contribution < -0.4 is 0 Å². The molecule has 20 heavy (non-hydrogen) atoms. The highest BCUT2D eigenvalue weighted by atomic mass is 16.5. The highest BCUT2D eigenvalue weighted by molar-refractivity contribution is 5.14. The van der Waals surface area contributed by atoms with E-state index in [2.05, 4.69) is 39.5 Å². The zero-order valence-corrected chi connectivity index (χ0v) is 11.6. The van der Waals surface area contributed by atoms with E-state index in [1.54, 1.807) is 0 Å². The molecule has 3 rings (SSSR count). The first kappa shape index (κ1) is 13.2. The summed E-state index contributed by atoms with van der Waals surface area (Å²) in [5, 5.41) is 12.1. The normalized spacial score (nSPS) is 20.1. The Hall–Kier alpha value is -1.79. The Kier molecular flexibility index (Phi) is 4.03. The van der Waals surface area contributed by atoms with E-state index < -0.39 is 0 Å². The molecular weight excluding hydrogens is 254 g/mol. The van der Waals surface area contributed by atoms with Gasteiger partial charge >= 0.3 is 0 Å². The fourth-order valence-corrected chi connectivity index (χ4v) is 2.39. The third kappa shape index (κ3) is 3.02. The minimum atomic E-state index is 0.408. The summed E-state index contributed by atoms with van der Waals surface area (Å²) in [4.78, 5) is 2.36. The molecule has 1 aromatic heterocycles. The van der Waals surface area contributed by atoms with Crippen LogP contribution in [0.4, 0.5) is 0 Å². The van der Waals surface area contributed by atoms with Crippen LogP contribution in [0, 0.1) is 0 Å². The van der Waals surface area contributed by atoms with Gasteiger partial charge in [-0.2, -0.15) is 0 Å². The Balaban J connectivity index is 1.70. The lowest BCUT2D eigenvalue weighted by atomic mass is 10.2. The number of rotatable bonds is 4. The highest BCUT2D eigenvalue weighted by Crippen LogP contribution is 2.11. The van der Waals surface area contributed by atoms with E-state index in [1.807, 2.05) is 22.9 Å². The minimum absolute atomic E-state index is 0.408. The Bertz CT molecular complexity index is 542. The van der Waals surface area contributed by atoms with E-state index >= 15 is 0 Å². The Labute approximate surface area is 118 Å². The van der Waals surface area contributed by atoms with Crippen LogP contribution in [0.15, 0.2) is 30.3 Å². The summed E-state index contributed by atoms with van der Waals surface area (Å²) < 4.78 is 7.33. The molecule has 1 saturated heterocycles. The number of hydrogen-bond acceptors (Lipinski definition) is 5. The zero-order chi connectivity index (χ0) is 13.8. The summed E-state index contributed by atoms with van der Waals surface area (Å²) in [6.07, 6.45) is 0. The van der Waals surface area contributed by atoms with Gasteiger partial charge in [-0.3, -0.25) is 4.90 Å². The van der Waals surface area contributed by atoms with E-state index in [0.717, 1.165) is 32.1 Å². The predicted molar refractivity (Wildman–Crippen MR) is 74.1 cm³/mol. The number of benzene rings is 1. The van der Waals surface area contributed by atoms with E-state index in [1.165, 1.54) is 5.56 Å². The highest BCUT2D eigenvalue weighted by Gasteiger charge is 2.21. The van der Waals surface area contributed by atoms with Crippen molar-refractivity contribution in [1.29, 1.82) is 0 Å². The molecule has 2 aromatic rings. The van der Waals surface area contributed by atoms with Crippen LogP contribution in [-0.4, -0.2) is 50.9 Å². The van der Waals surface area contributed by atoms with Gasteiger partial charge in [-0.25, -0.2) is 4.68 Å². The van der Waals surface area contributed by atoms with Crippen LogP contribution in [-0.2, 0) is 17.8 Å². The first-order valence-electron chi connectivity index (χ1n) is 6.93. The number of tetrazole rings is 1. The average molecular weight is 273 g/mol. The lowest BCUT2D eigenvalue weighted by molar-refractivity contribution is -0.00604. The quantitative estimate of drug-likeness (QED) is 0.830. The van der Waals surface area contributed by atoms with Gasteiger partial charge in [0.05, 0.1) is 26.3 Å². The molecule has 0 N–H and O–H groups in total. The van der Waals surface area contributed by atoms with Gasteiger partial charge in [0.25, 0.3) is 0 Å². The topological polar surface area (TPSA) is 56.1 Å². The number of hydrogen-bond donors (Lipinski definition) is 0. The molecule has 1 aromatic carbocycles. The molecule has 0 amide bonds. The fourth-order valence-electron chi connectivity index (χ4n) is 2.39. The van der Waals surface area contributed by atoms with Gasteiger partial charge in [0.1, 0.15) is 0 Å². The van der Waals surface area contributed by atoms with Gasteiger partial charge in [0, 0.05) is 12.6 Å².